The molecule has 0 aliphatic carbocycles. The smallest absolute Gasteiger partial charge is 0.238 e. The van der Waals surface area contributed by atoms with E-state index in [-0.39, 0.29) is 17.6 Å². The molecule has 2 unspecified atom stereocenters. The number of anilines is 1. The lowest BCUT2D eigenvalue weighted by Crippen LogP contribution is -2.57. The molecule has 30 heavy (non-hydrogen) atoms. The predicted molar refractivity (Wildman–Crippen MR) is 119 cm³/mol. The molecule has 2 aliphatic rings. The molecule has 2 heterocycles. The molecule has 0 aromatic heterocycles. The van der Waals surface area contributed by atoms with Crippen LogP contribution in [0.25, 0.3) is 0 Å². The molecule has 5 heteroatoms. The number of para-hydroxylation sites is 1. The molecule has 4 rings (SSSR count). The van der Waals surface area contributed by atoms with Gasteiger partial charge in [0.05, 0.1) is 24.9 Å². The highest BCUT2D eigenvalue weighted by Gasteiger charge is 2.47. The molecule has 2 fully saturated rings. The van der Waals surface area contributed by atoms with Crippen molar-refractivity contribution in [3.8, 4) is 0 Å². The lowest BCUT2D eigenvalue weighted by molar-refractivity contribution is -0.159. The number of rotatable bonds is 6. The molecule has 0 radical (unpaired) electrons. The number of carbonyl (C=O) groups is 1. The van der Waals surface area contributed by atoms with Gasteiger partial charge in [0.2, 0.25) is 5.91 Å². The second-order valence-corrected chi connectivity index (χ2v) is 8.60. The quantitative estimate of drug-likeness (QED) is 0.782. The van der Waals surface area contributed by atoms with Crippen LogP contribution in [0.3, 0.4) is 0 Å². The summed E-state index contributed by atoms with van der Waals surface area (Å²) in [6.07, 6.45) is 3.00. The second kappa shape index (κ2) is 9.29. The van der Waals surface area contributed by atoms with Crippen LogP contribution in [0.2, 0.25) is 0 Å². The fourth-order valence-corrected chi connectivity index (χ4v) is 4.68. The fourth-order valence-electron chi connectivity index (χ4n) is 4.68. The zero-order valence-electron chi connectivity index (χ0n) is 18.0. The number of ether oxygens (including phenoxy) is 2. The zero-order valence-corrected chi connectivity index (χ0v) is 18.0. The van der Waals surface area contributed by atoms with Crippen LogP contribution in [0.5, 0.6) is 0 Å². The van der Waals surface area contributed by atoms with Crippen molar-refractivity contribution in [2.45, 2.75) is 51.4 Å². The minimum atomic E-state index is -0.200. The summed E-state index contributed by atoms with van der Waals surface area (Å²) in [6, 6.07) is 16.3. The fraction of sp³-hybridized carbons (Fsp3) is 0.480. The van der Waals surface area contributed by atoms with Gasteiger partial charge in [-0.05, 0) is 49.8 Å². The SMILES string of the molecule is Cc1cccc(C)c1NC(=O)CN1CCC2(CCCO2)C(OCc2ccccc2)C1. The van der Waals surface area contributed by atoms with Crippen molar-refractivity contribution >= 4 is 11.6 Å². The average molecular weight is 409 g/mol. The first-order chi connectivity index (χ1) is 14.6. The number of hydrogen-bond donors (Lipinski definition) is 1. The zero-order chi connectivity index (χ0) is 21.0. The number of nitrogens with one attached hydrogen (secondary N) is 1. The Hall–Kier alpha value is -2.21. The third-order valence-electron chi connectivity index (χ3n) is 6.40. The van der Waals surface area contributed by atoms with Gasteiger partial charge in [0, 0.05) is 25.4 Å². The van der Waals surface area contributed by atoms with E-state index >= 15 is 0 Å². The molecule has 1 spiro atoms. The van der Waals surface area contributed by atoms with Crippen LogP contribution in [-0.2, 0) is 20.9 Å². The van der Waals surface area contributed by atoms with Crippen molar-refractivity contribution in [3.63, 3.8) is 0 Å². The van der Waals surface area contributed by atoms with Crippen LogP contribution >= 0.6 is 0 Å². The Morgan fingerprint density at radius 2 is 1.90 bits per heavy atom. The van der Waals surface area contributed by atoms with Crippen LogP contribution in [0.1, 0.15) is 36.0 Å². The lowest BCUT2D eigenvalue weighted by Gasteiger charge is -2.44. The predicted octanol–water partition coefficient (Wildman–Crippen LogP) is 4.08. The van der Waals surface area contributed by atoms with Gasteiger partial charge in [0.1, 0.15) is 0 Å². The molecular formula is C25H32N2O3. The van der Waals surface area contributed by atoms with Gasteiger partial charge in [-0.1, -0.05) is 48.5 Å². The van der Waals surface area contributed by atoms with Crippen molar-refractivity contribution in [1.82, 2.24) is 4.90 Å². The van der Waals surface area contributed by atoms with Gasteiger partial charge in [-0.2, -0.15) is 0 Å². The molecule has 2 aromatic rings. The molecule has 2 saturated heterocycles. The standard InChI is InChI=1S/C25H32N2O3/c1-19-8-6-9-20(2)24(19)26-23(28)17-27-14-13-25(12-7-15-30-25)22(16-27)29-18-21-10-4-3-5-11-21/h3-6,8-11,22H,7,12-18H2,1-2H3,(H,26,28). The van der Waals surface area contributed by atoms with E-state index in [1.165, 1.54) is 0 Å². The van der Waals surface area contributed by atoms with Crippen molar-refractivity contribution in [2.24, 2.45) is 0 Å². The maximum absolute atomic E-state index is 12.8. The first-order valence-corrected chi connectivity index (χ1v) is 10.9. The van der Waals surface area contributed by atoms with E-state index in [0.29, 0.717) is 19.7 Å². The van der Waals surface area contributed by atoms with Crippen LogP contribution in [0.4, 0.5) is 5.69 Å². The van der Waals surface area contributed by atoms with Gasteiger partial charge in [-0.3, -0.25) is 9.69 Å². The number of carbonyl (C=O) groups excluding carboxylic acids is 1. The Bertz CT molecular complexity index is 842. The molecule has 2 aromatic carbocycles. The topological polar surface area (TPSA) is 50.8 Å². The number of likely N-dealkylation sites (tertiary alicyclic amines) is 1. The average Bonchev–Trinajstić information content (AvgIpc) is 3.21. The number of benzene rings is 2. The van der Waals surface area contributed by atoms with E-state index in [1.807, 2.05) is 50.2 Å². The first kappa shape index (κ1) is 21.0. The van der Waals surface area contributed by atoms with Gasteiger partial charge >= 0.3 is 0 Å². The summed E-state index contributed by atoms with van der Waals surface area (Å²) in [5.41, 5.74) is 4.06. The first-order valence-electron chi connectivity index (χ1n) is 10.9. The van der Waals surface area contributed by atoms with Crippen molar-refractivity contribution in [1.29, 1.82) is 0 Å². The molecule has 1 N–H and O–H groups in total. The summed E-state index contributed by atoms with van der Waals surface area (Å²) in [5, 5.41) is 3.11. The van der Waals surface area contributed by atoms with Crippen LogP contribution in [0.15, 0.2) is 48.5 Å². The van der Waals surface area contributed by atoms with Gasteiger partial charge in [0.15, 0.2) is 0 Å². The highest BCUT2D eigenvalue weighted by atomic mass is 16.6. The molecule has 160 valence electrons. The van der Waals surface area contributed by atoms with E-state index in [4.69, 9.17) is 9.47 Å². The van der Waals surface area contributed by atoms with Crippen molar-refractivity contribution in [2.75, 3.05) is 31.6 Å². The maximum Gasteiger partial charge on any atom is 0.238 e. The number of amides is 1. The Balaban J connectivity index is 1.39. The Kier molecular flexibility index (Phi) is 6.52. The molecular weight excluding hydrogens is 376 g/mol. The van der Waals surface area contributed by atoms with Crippen molar-refractivity contribution in [3.05, 3.63) is 65.2 Å². The highest BCUT2D eigenvalue weighted by Crippen LogP contribution is 2.38. The molecule has 2 aliphatic heterocycles. The third-order valence-corrected chi connectivity index (χ3v) is 6.40. The molecule has 1 amide bonds. The molecule has 0 saturated carbocycles. The molecule has 0 bridgehead atoms. The third kappa shape index (κ3) is 4.75. The van der Waals surface area contributed by atoms with E-state index in [9.17, 15) is 4.79 Å². The largest absolute Gasteiger partial charge is 0.372 e. The van der Waals surface area contributed by atoms with Gasteiger partial charge < -0.3 is 14.8 Å². The summed E-state index contributed by atoms with van der Waals surface area (Å²) in [6.45, 7) is 7.36. The van der Waals surface area contributed by atoms with Crippen LogP contribution in [-0.4, -0.2) is 48.8 Å². The normalized spacial score (nSPS) is 24.3. The Labute approximate surface area is 179 Å². The van der Waals surface area contributed by atoms with E-state index < -0.39 is 0 Å². The van der Waals surface area contributed by atoms with E-state index in [0.717, 1.165) is 54.8 Å². The number of piperidine rings is 1. The summed E-state index contributed by atoms with van der Waals surface area (Å²) in [7, 11) is 0. The maximum atomic E-state index is 12.8. The Morgan fingerprint density at radius 1 is 1.13 bits per heavy atom. The minimum absolute atomic E-state index is 0.0255. The summed E-state index contributed by atoms with van der Waals surface area (Å²) in [4.78, 5) is 15.0. The minimum Gasteiger partial charge on any atom is -0.372 e. The molecule has 5 nitrogen and oxygen atoms in total. The summed E-state index contributed by atoms with van der Waals surface area (Å²) >= 11 is 0. The van der Waals surface area contributed by atoms with Gasteiger partial charge in [-0.25, -0.2) is 0 Å². The Morgan fingerprint density at radius 3 is 2.60 bits per heavy atom. The van der Waals surface area contributed by atoms with E-state index in [2.05, 4.69) is 22.3 Å². The highest BCUT2D eigenvalue weighted by molar-refractivity contribution is 5.93. The van der Waals surface area contributed by atoms with Crippen LogP contribution in [0, 0.1) is 13.8 Å². The summed E-state index contributed by atoms with van der Waals surface area (Å²) < 4.78 is 12.6. The number of nitrogens with zero attached hydrogens (tertiary/aromatic N) is 1. The van der Waals surface area contributed by atoms with Crippen molar-refractivity contribution < 1.29 is 14.3 Å². The monoisotopic (exact) mass is 408 g/mol. The second-order valence-electron chi connectivity index (χ2n) is 8.60. The lowest BCUT2D eigenvalue weighted by atomic mass is 9.85. The van der Waals surface area contributed by atoms with Gasteiger partial charge in [0.25, 0.3) is 0 Å². The van der Waals surface area contributed by atoms with E-state index in [1.54, 1.807) is 0 Å². The molecule has 2 atom stereocenters. The summed E-state index contributed by atoms with van der Waals surface area (Å²) in [5.74, 6) is 0.0255. The van der Waals surface area contributed by atoms with Crippen LogP contribution < -0.4 is 5.32 Å². The van der Waals surface area contributed by atoms with Gasteiger partial charge in [-0.15, -0.1) is 0 Å². The number of hydrogen-bond acceptors (Lipinski definition) is 4. The number of aryl methyl sites for hydroxylation is 2.